The number of thioether (sulfide) groups is 1. The smallest absolute Gasteiger partial charge is 0.306 e. The van der Waals surface area contributed by atoms with Crippen molar-refractivity contribution in [2.24, 2.45) is 62.1 Å². The van der Waals surface area contributed by atoms with Gasteiger partial charge in [-0.3, -0.25) is 14.4 Å². The average molecular weight is 698 g/mol. The number of nitrogens with zero attached hydrogens (tertiary/aromatic N) is 1. The van der Waals surface area contributed by atoms with Gasteiger partial charge in [0.25, 0.3) is 0 Å². The molecular formula is C42H67NO5S. The molecule has 276 valence electrons. The molecule has 1 saturated heterocycles. The molecule has 0 spiro atoms. The zero-order valence-electron chi connectivity index (χ0n) is 32.1. The number of carbonyl (C=O) groups is 3. The summed E-state index contributed by atoms with van der Waals surface area (Å²) in [5.41, 5.74) is 1.30. The summed E-state index contributed by atoms with van der Waals surface area (Å²) in [6.45, 7) is 25.0. The Hall–Kier alpha value is -1.50. The zero-order valence-corrected chi connectivity index (χ0v) is 32.9. The van der Waals surface area contributed by atoms with E-state index in [0.29, 0.717) is 35.5 Å². The molecular weight excluding hydrogens is 631 g/mol. The molecule has 0 aromatic carbocycles. The first kappa shape index (κ1) is 37.3. The maximum Gasteiger partial charge on any atom is 0.306 e. The predicted molar refractivity (Wildman–Crippen MR) is 198 cm³/mol. The fourth-order valence-corrected chi connectivity index (χ4v) is 15.0. The van der Waals surface area contributed by atoms with Gasteiger partial charge in [-0.15, -0.1) is 0 Å². The Labute approximate surface area is 301 Å². The molecule has 5 aliphatic carbocycles. The Morgan fingerprint density at radius 1 is 0.857 bits per heavy atom. The highest BCUT2D eigenvalue weighted by atomic mass is 32.2. The van der Waals surface area contributed by atoms with Crippen LogP contribution in [0.5, 0.6) is 0 Å². The lowest BCUT2D eigenvalue weighted by Crippen LogP contribution is -2.67. The third kappa shape index (κ3) is 6.14. The van der Waals surface area contributed by atoms with Crippen LogP contribution in [0.4, 0.5) is 0 Å². The van der Waals surface area contributed by atoms with Crippen LogP contribution < -0.4 is 0 Å². The van der Waals surface area contributed by atoms with E-state index in [1.165, 1.54) is 50.5 Å². The predicted octanol–water partition coefficient (Wildman–Crippen LogP) is 9.41. The van der Waals surface area contributed by atoms with Gasteiger partial charge in [0.2, 0.25) is 5.91 Å². The van der Waals surface area contributed by atoms with Gasteiger partial charge in [0.1, 0.15) is 6.10 Å². The summed E-state index contributed by atoms with van der Waals surface area (Å²) in [5, 5.41) is 9.34. The maximum atomic E-state index is 13.9. The number of fused-ring (bicyclic) bond motifs is 7. The highest BCUT2D eigenvalue weighted by Crippen LogP contribution is 2.78. The van der Waals surface area contributed by atoms with Crippen molar-refractivity contribution < 1.29 is 24.2 Å². The molecule has 1 N–H and O–H groups in total. The van der Waals surface area contributed by atoms with Crippen LogP contribution in [0.2, 0.25) is 0 Å². The van der Waals surface area contributed by atoms with E-state index in [0.717, 1.165) is 50.3 Å². The van der Waals surface area contributed by atoms with Crippen LogP contribution >= 0.6 is 11.8 Å². The normalized spacial score (nSPS) is 43.0. The lowest BCUT2D eigenvalue weighted by molar-refractivity contribution is -0.250. The van der Waals surface area contributed by atoms with Crippen molar-refractivity contribution in [2.45, 2.75) is 145 Å². The van der Waals surface area contributed by atoms with Crippen LogP contribution in [0.15, 0.2) is 12.2 Å². The first-order valence-corrected chi connectivity index (χ1v) is 20.9. The topological polar surface area (TPSA) is 83.9 Å². The Morgan fingerprint density at radius 2 is 1.55 bits per heavy atom. The Morgan fingerprint density at radius 3 is 2.20 bits per heavy atom. The first-order valence-electron chi connectivity index (χ1n) is 19.7. The van der Waals surface area contributed by atoms with Gasteiger partial charge in [0.15, 0.2) is 0 Å². The third-order valence-electron chi connectivity index (χ3n) is 16.6. The summed E-state index contributed by atoms with van der Waals surface area (Å²) >= 11 is 1.98. The number of hydrogen-bond donors (Lipinski definition) is 1. The number of carbonyl (C=O) groups excluding carboxylic acids is 2. The molecule has 6 fully saturated rings. The molecule has 7 heteroatoms. The Kier molecular flexibility index (Phi) is 9.78. The molecule has 6 rings (SSSR count). The van der Waals surface area contributed by atoms with Crippen LogP contribution in [0.25, 0.3) is 0 Å². The fourth-order valence-electron chi connectivity index (χ4n) is 14.1. The minimum absolute atomic E-state index is 0.0417. The molecule has 1 amide bonds. The van der Waals surface area contributed by atoms with Gasteiger partial charge in [-0.1, -0.05) is 60.6 Å². The van der Waals surface area contributed by atoms with Crippen molar-refractivity contribution in [1.29, 1.82) is 0 Å². The van der Waals surface area contributed by atoms with Crippen molar-refractivity contribution in [3.05, 3.63) is 12.2 Å². The Bertz CT molecular complexity index is 1340. The SMILES string of the molecule is C=C(C)[C@@H]1CC[C@]2(CC(=O)N3CCSCC3)CC[C@]3(C)[C@H](CC[C@@H]4[C@@]5(C)CC[C@H](OC(=O)CC(C)(C)CC(=O)O)C(C)(C)[C@@H]5CC[C@]43C)[C@@H]12. The van der Waals surface area contributed by atoms with E-state index in [1.807, 2.05) is 25.6 Å². The third-order valence-corrected chi connectivity index (χ3v) is 17.5. The molecule has 0 bridgehead atoms. The summed E-state index contributed by atoms with van der Waals surface area (Å²) in [4.78, 5) is 40.7. The fraction of sp³-hybridized carbons (Fsp3) is 0.881. The molecule has 0 aromatic rings. The van der Waals surface area contributed by atoms with E-state index in [9.17, 15) is 19.5 Å². The number of ether oxygens (including phenoxy) is 1. The van der Waals surface area contributed by atoms with Crippen LogP contribution in [-0.4, -0.2) is 58.6 Å². The molecule has 5 saturated carbocycles. The molecule has 0 unspecified atom stereocenters. The van der Waals surface area contributed by atoms with Gasteiger partial charge < -0.3 is 14.7 Å². The maximum absolute atomic E-state index is 13.9. The van der Waals surface area contributed by atoms with Crippen LogP contribution in [0, 0.1) is 62.1 Å². The van der Waals surface area contributed by atoms with E-state index in [2.05, 4.69) is 53.0 Å². The van der Waals surface area contributed by atoms with E-state index in [-0.39, 0.29) is 52.0 Å². The van der Waals surface area contributed by atoms with Crippen LogP contribution in [-0.2, 0) is 19.1 Å². The highest BCUT2D eigenvalue weighted by Gasteiger charge is 2.71. The minimum Gasteiger partial charge on any atom is -0.481 e. The van der Waals surface area contributed by atoms with Crippen molar-refractivity contribution in [2.75, 3.05) is 24.6 Å². The summed E-state index contributed by atoms with van der Waals surface area (Å²) in [7, 11) is 0. The van der Waals surface area contributed by atoms with Crippen molar-refractivity contribution in [3.8, 4) is 0 Å². The standard InChI is InChI=1S/C42H67NO5S/c1-27(2)28-12-17-42(24-33(44)43-20-22-49-23-21-43)19-18-40(8)29(36(28)42)10-11-31-39(7)15-14-32(38(5,6)30(39)13-16-41(31,40)9)48-35(47)26-37(3,4)25-34(45)46/h28-32,36H,1,10-26H2,2-9H3,(H,45,46)/t28-,29+,30-,31+,32-,36+,39-,40+,41+,42+/m0/s1. The highest BCUT2D eigenvalue weighted by molar-refractivity contribution is 7.99. The van der Waals surface area contributed by atoms with Gasteiger partial charge in [-0.25, -0.2) is 0 Å². The van der Waals surface area contributed by atoms with Crippen molar-refractivity contribution >= 4 is 29.6 Å². The quantitative estimate of drug-likeness (QED) is 0.201. The zero-order chi connectivity index (χ0) is 35.8. The molecule has 1 heterocycles. The van der Waals surface area contributed by atoms with Gasteiger partial charge in [-0.2, -0.15) is 11.8 Å². The number of amides is 1. The summed E-state index contributed by atoms with van der Waals surface area (Å²) in [6, 6.07) is 0. The lowest BCUT2D eigenvalue weighted by atomic mass is 9.32. The van der Waals surface area contributed by atoms with Crippen LogP contribution in [0.1, 0.15) is 139 Å². The number of esters is 1. The van der Waals surface area contributed by atoms with Gasteiger partial charge in [0.05, 0.1) is 12.8 Å². The van der Waals surface area contributed by atoms with Gasteiger partial charge >= 0.3 is 11.9 Å². The second-order valence-corrected chi connectivity index (χ2v) is 21.2. The number of carboxylic acids is 1. The number of hydrogen-bond acceptors (Lipinski definition) is 5. The van der Waals surface area contributed by atoms with Crippen molar-refractivity contribution in [1.82, 2.24) is 4.90 Å². The van der Waals surface area contributed by atoms with E-state index < -0.39 is 11.4 Å². The number of carboxylic acid groups (broad SMARTS) is 1. The number of aliphatic carboxylic acids is 1. The van der Waals surface area contributed by atoms with Crippen molar-refractivity contribution in [3.63, 3.8) is 0 Å². The molecule has 1 aliphatic heterocycles. The Balaban J connectivity index is 1.23. The molecule has 49 heavy (non-hydrogen) atoms. The summed E-state index contributed by atoms with van der Waals surface area (Å²) in [5.74, 6) is 4.20. The second-order valence-electron chi connectivity index (χ2n) is 20.0. The molecule has 0 aromatic heterocycles. The van der Waals surface area contributed by atoms with E-state index in [1.54, 1.807) is 0 Å². The molecule has 6 aliphatic rings. The summed E-state index contributed by atoms with van der Waals surface area (Å²) in [6.07, 6.45) is 12.3. The molecule has 0 radical (unpaired) electrons. The van der Waals surface area contributed by atoms with E-state index >= 15 is 0 Å². The summed E-state index contributed by atoms with van der Waals surface area (Å²) < 4.78 is 6.28. The second kappa shape index (κ2) is 12.9. The minimum atomic E-state index is -0.878. The largest absolute Gasteiger partial charge is 0.481 e. The van der Waals surface area contributed by atoms with Crippen LogP contribution in [0.3, 0.4) is 0 Å². The lowest BCUT2D eigenvalue weighted by Gasteiger charge is -2.73. The van der Waals surface area contributed by atoms with Gasteiger partial charge in [0, 0.05) is 36.4 Å². The monoisotopic (exact) mass is 697 g/mol. The first-order chi connectivity index (χ1) is 22.8. The molecule has 10 atom stereocenters. The van der Waals surface area contributed by atoms with Gasteiger partial charge in [-0.05, 0) is 128 Å². The molecule has 6 nitrogen and oxygen atoms in total. The van der Waals surface area contributed by atoms with E-state index in [4.69, 9.17) is 4.74 Å². The average Bonchev–Trinajstić information content (AvgIpc) is 3.38. The number of rotatable bonds is 8. The number of allylic oxidation sites excluding steroid dienone is 1.